The van der Waals surface area contributed by atoms with Gasteiger partial charge in [0.05, 0.1) is 12.2 Å². The van der Waals surface area contributed by atoms with Gasteiger partial charge in [-0.1, -0.05) is 62.9 Å². The highest BCUT2D eigenvalue weighted by Gasteiger charge is 2.29. The minimum Gasteiger partial charge on any atom is -0.487 e. The molecule has 0 bridgehead atoms. The van der Waals surface area contributed by atoms with Crippen LogP contribution in [0.25, 0.3) is 11.1 Å². The number of nitrogens with zero attached hydrogens (tertiary/aromatic N) is 1. The first-order valence-corrected chi connectivity index (χ1v) is 13.6. The van der Waals surface area contributed by atoms with Crippen LogP contribution in [-0.2, 0) is 0 Å². The number of carbonyl (C=O) groups is 1. The van der Waals surface area contributed by atoms with E-state index < -0.39 is 0 Å². The summed E-state index contributed by atoms with van der Waals surface area (Å²) in [5.74, 6) is 2.44. The van der Waals surface area contributed by atoms with E-state index in [1.807, 2.05) is 11.8 Å². The number of rotatable bonds is 4. The van der Waals surface area contributed by atoms with Gasteiger partial charge in [-0.2, -0.15) is 0 Å². The summed E-state index contributed by atoms with van der Waals surface area (Å²) in [6.45, 7) is 4.95. The third-order valence-corrected chi connectivity index (χ3v) is 8.34. The normalized spacial score (nSPS) is 25.4. The molecule has 2 aliphatic carbocycles. The average molecular weight is 461 g/mol. The second-order valence-electron chi connectivity index (χ2n) is 10.8. The highest BCUT2D eigenvalue weighted by Crippen LogP contribution is 2.39. The monoisotopic (exact) mass is 460 g/mol. The molecule has 0 saturated heterocycles. The van der Waals surface area contributed by atoms with Gasteiger partial charge in [-0.25, -0.2) is 4.79 Å². The quantitative estimate of drug-likeness (QED) is 0.509. The van der Waals surface area contributed by atoms with Crippen LogP contribution in [0.5, 0.6) is 5.75 Å². The Labute approximate surface area is 205 Å². The van der Waals surface area contributed by atoms with Crippen LogP contribution in [0.1, 0.15) is 89.5 Å². The Morgan fingerprint density at radius 3 is 2.35 bits per heavy atom. The van der Waals surface area contributed by atoms with Crippen LogP contribution < -0.4 is 15.0 Å². The Hall–Kier alpha value is -2.49. The van der Waals surface area contributed by atoms with Crippen molar-refractivity contribution in [1.82, 2.24) is 5.32 Å². The summed E-state index contributed by atoms with van der Waals surface area (Å²) >= 11 is 0. The zero-order valence-electron chi connectivity index (χ0n) is 20.9. The molecule has 0 spiro atoms. The van der Waals surface area contributed by atoms with Crippen LogP contribution in [0.15, 0.2) is 42.5 Å². The van der Waals surface area contributed by atoms with Gasteiger partial charge >= 0.3 is 6.03 Å². The molecule has 2 fully saturated rings. The number of carbonyl (C=O) groups excluding carboxylic acids is 1. The molecule has 1 aliphatic heterocycles. The Kier molecular flexibility index (Phi) is 7.12. The summed E-state index contributed by atoms with van der Waals surface area (Å²) in [5.41, 5.74) is 4.70. The Bertz CT molecular complexity index is 972. The molecule has 2 amide bonds. The second kappa shape index (κ2) is 10.4. The lowest BCUT2D eigenvalue weighted by Gasteiger charge is -2.35. The van der Waals surface area contributed by atoms with E-state index in [1.165, 1.54) is 62.5 Å². The molecule has 4 nitrogen and oxygen atoms in total. The number of anilines is 1. The highest BCUT2D eigenvalue weighted by atomic mass is 16.5. The number of urea groups is 1. The van der Waals surface area contributed by atoms with E-state index in [2.05, 4.69) is 54.7 Å². The number of ether oxygens (including phenoxy) is 1. The molecule has 4 heteroatoms. The van der Waals surface area contributed by atoms with Gasteiger partial charge in [0.1, 0.15) is 11.9 Å². The summed E-state index contributed by atoms with van der Waals surface area (Å²) in [7, 11) is 0. The third-order valence-electron chi connectivity index (χ3n) is 8.34. The summed E-state index contributed by atoms with van der Waals surface area (Å²) in [6.07, 6.45) is 12.6. The number of hydrogen-bond donors (Lipinski definition) is 1. The molecule has 1 unspecified atom stereocenters. The molecule has 1 atom stereocenters. The fourth-order valence-electron chi connectivity index (χ4n) is 6.16. The van der Waals surface area contributed by atoms with Crippen molar-refractivity contribution in [2.75, 3.05) is 11.4 Å². The molecule has 182 valence electrons. The van der Waals surface area contributed by atoms with E-state index in [0.717, 1.165) is 35.8 Å². The van der Waals surface area contributed by atoms with Crippen LogP contribution in [0.2, 0.25) is 0 Å². The summed E-state index contributed by atoms with van der Waals surface area (Å²) in [6, 6.07) is 15.7. The number of benzene rings is 2. The molecular weight excluding hydrogens is 420 g/mol. The molecule has 2 aromatic carbocycles. The van der Waals surface area contributed by atoms with Crippen LogP contribution in [-0.4, -0.2) is 24.7 Å². The summed E-state index contributed by atoms with van der Waals surface area (Å²) in [5, 5.41) is 3.27. The standard InChI is InChI=1S/C30H40N2O2/c1-3-22-9-11-23(12-10-22)24-13-15-25(16-14-24)26-17-18-28-29(19-26)34-21(2)20-32(28)30(33)31-27-7-5-4-6-8-27/h13-19,21-23,27H,3-12,20H2,1-2H3,(H,31,33). The molecule has 1 N–H and O–H groups in total. The fourth-order valence-corrected chi connectivity index (χ4v) is 6.16. The topological polar surface area (TPSA) is 41.6 Å². The molecule has 34 heavy (non-hydrogen) atoms. The minimum atomic E-state index is -0.0273. The predicted molar refractivity (Wildman–Crippen MR) is 140 cm³/mol. The maximum absolute atomic E-state index is 13.1. The van der Waals surface area contributed by atoms with E-state index in [0.29, 0.717) is 18.5 Å². The maximum atomic E-state index is 13.1. The van der Waals surface area contributed by atoms with Crippen molar-refractivity contribution in [2.24, 2.45) is 5.92 Å². The van der Waals surface area contributed by atoms with Gasteiger partial charge in [0.25, 0.3) is 0 Å². The molecule has 5 rings (SSSR count). The average Bonchev–Trinajstić information content (AvgIpc) is 2.88. The zero-order chi connectivity index (χ0) is 23.5. The minimum absolute atomic E-state index is 0.0122. The predicted octanol–water partition coefficient (Wildman–Crippen LogP) is 7.67. The van der Waals surface area contributed by atoms with Crippen LogP contribution in [0.3, 0.4) is 0 Å². The summed E-state index contributed by atoms with van der Waals surface area (Å²) < 4.78 is 6.18. The van der Waals surface area contributed by atoms with Crippen molar-refractivity contribution in [3.63, 3.8) is 0 Å². The smallest absolute Gasteiger partial charge is 0.322 e. The molecule has 3 aliphatic rings. The van der Waals surface area contributed by atoms with Gasteiger partial charge in [0, 0.05) is 6.04 Å². The van der Waals surface area contributed by atoms with E-state index in [9.17, 15) is 4.79 Å². The van der Waals surface area contributed by atoms with Crippen molar-refractivity contribution < 1.29 is 9.53 Å². The van der Waals surface area contributed by atoms with Gasteiger partial charge in [-0.15, -0.1) is 0 Å². The SMILES string of the molecule is CCC1CCC(c2ccc(-c3ccc4c(c3)OC(C)CN4C(=O)NC3CCCCC3)cc2)CC1. The summed E-state index contributed by atoms with van der Waals surface area (Å²) in [4.78, 5) is 15.0. The molecule has 0 radical (unpaired) electrons. The maximum Gasteiger partial charge on any atom is 0.322 e. The molecule has 1 heterocycles. The van der Waals surface area contributed by atoms with E-state index in [1.54, 1.807) is 0 Å². The molecule has 2 saturated carbocycles. The molecule has 0 aromatic heterocycles. The highest BCUT2D eigenvalue weighted by molar-refractivity contribution is 5.95. The van der Waals surface area contributed by atoms with Gasteiger partial charge in [-0.05, 0) is 86.1 Å². The van der Waals surface area contributed by atoms with Gasteiger partial charge < -0.3 is 10.1 Å². The first-order chi connectivity index (χ1) is 16.6. The fraction of sp³-hybridized carbons (Fsp3) is 0.567. The Balaban J connectivity index is 1.30. The number of fused-ring (bicyclic) bond motifs is 1. The van der Waals surface area contributed by atoms with Gasteiger partial charge in [-0.3, -0.25) is 4.90 Å². The third kappa shape index (κ3) is 5.11. The van der Waals surface area contributed by atoms with E-state index in [-0.39, 0.29) is 12.1 Å². The largest absolute Gasteiger partial charge is 0.487 e. The van der Waals surface area contributed by atoms with Crippen molar-refractivity contribution in [2.45, 2.75) is 96.1 Å². The number of hydrogen-bond acceptors (Lipinski definition) is 2. The van der Waals surface area contributed by atoms with Gasteiger partial charge in [0.2, 0.25) is 0 Å². The molecule has 2 aromatic rings. The second-order valence-corrected chi connectivity index (χ2v) is 10.8. The van der Waals surface area contributed by atoms with E-state index in [4.69, 9.17) is 4.74 Å². The van der Waals surface area contributed by atoms with Gasteiger partial charge in [0.15, 0.2) is 0 Å². The van der Waals surface area contributed by atoms with Crippen LogP contribution in [0.4, 0.5) is 10.5 Å². The lowest BCUT2D eigenvalue weighted by atomic mass is 9.77. The van der Waals surface area contributed by atoms with Crippen molar-refractivity contribution in [3.8, 4) is 16.9 Å². The van der Waals surface area contributed by atoms with Crippen LogP contribution in [0, 0.1) is 5.92 Å². The molecular formula is C30H40N2O2. The number of nitrogens with one attached hydrogen (secondary N) is 1. The van der Waals surface area contributed by atoms with E-state index >= 15 is 0 Å². The Morgan fingerprint density at radius 1 is 0.941 bits per heavy atom. The van der Waals surface area contributed by atoms with Crippen molar-refractivity contribution >= 4 is 11.7 Å². The van der Waals surface area contributed by atoms with Crippen molar-refractivity contribution in [1.29, 1.82) is 0 Å². The first kappa shape index (κ1) is 23.3. The first-order valence-electron chi connectivity index (χ1n) is 13.6. The lowest BCUT2D eigenvalue weighted by molar-refractivity contribution is 0.202. The zero-order valence-corrected chi connectivity index (χ0v) is 20.9. The lowest BCUT2D eigenvalue weighted by Crippen LogP contribution is -2.50. The van der Waals surface area contributed by atoms with Crippen LogP contribution >= 0.6 is 0 Å². The number of amides is 2. The Morgan fingerprint density at radius 2 is 1.65 bits per heavy atom. The van der Waals surface area contributed by atoms with Crippen molar-refractivity contribution in [3.05, 3.63) is 48.0 Å².